The van der Waals surface area contributed by atoms with Gasteiger partial charge in [-0.05, 0) is 6.42 Å². The first-order chi connectivity index (χ1) is 8.63. The van der Waals surface area contributed by atoms with Gasteiger partial charge in [0.25, 0.3) is 0 Å². The molecule has 0 spiro atoms. The topological polar surface area (TPSA) is 50.2 Å². The van der Waals surface area contributed by atoms with Gasteiger partial charge in [0.05, 0.1) is 10.7 Å². The Balaban J connectivity index is 2.52. The molecule has 0 amide bonds. The maximum atomic E-state index is 11.3. The number of aromatic nitrogens is 1. The van der Waals surface area contributed by atoms with Crippen LogP contribution in [-0.4, -0.2) is 16.1 Å². The average Bonchev–Trinajstić information content (AvgIpc) is 2.84. The number of nitrogens with zero attached hydrogens (tertiary/aromatic N) is 1. The third-order valence-electron chi connectivity index (χ3n) is 2.92. The second-order valence-electron chi connectivity index (χ2n) is 4.21. The maximum Gasteiger partial charge on any atom is 0.348 e. The molecule has 2 rings (SSSR count). The van der Waals surface area contributed by atoms with Crippen LogP contribution in [0.4, 0.5) is 0 Å². The van der Waals surface area contributed by atoms with Crippen LogP contribution in [0.25, 0.3) is 11.3 Å². The monoisotopic (exact) mass is 261 g/mol. The van der Waals surface area contributed by atoms with Gasteiger partial charge in [-0.1, -0.05) is 44.2 Å². The summed E-state index contributed by atoms with van der Waals surface area (Å²) in [5, 5.41) is 10.2. The molecule has 0 bridgehead atoms. The van der Waals surface area contributed by atoms with Crippen molar-refractivity contribution in [3.05, 3.63) is 40.2 Å². The van der Waals surface area contributed by atoms with Gasteiger partial charge in [-0.2, -0.15) is 0 Å². The lowest BCUT2D eigenvalue weighted by Gasteiger charge is -2.01. The summed E-state index contributed by atoms with van der Waals surface area (Å²) in [6.45, 7) is 4.15. The van der Waals surface area contributed by atoms with E-state index in [2.05, 4.69) is 18.8 Å². The summed E-state index contributed by atoms with van der Waals surface area (Å²) in [5.74, 6) is -0.605. The van der Waals surface area contributed by atoms with Crippen molar-refractivity contribution in [2.24, 2.45) is 0 Å². The zero-order chi connectivity index (χ0) is 13.1. The third kappa shape index (κ3) is 2.43. The Bertz CT molecular complexity index is 548. The van der Waals surface area contributed by atoms with Gasteiger partial charge in [0.1, 0.15) is 4.88 Å². The number of benzene rings is 1. The normalized spacial score (nSPS) is 12.3. The summed E-state index contributed by atoms with van der Waals surface area (Å²) >= 11 is 1.28. The van der Waals surface area contributed by atoms with Crippen LogP contribution in [0, 0.1) is 0 Å². The highest BCUT2D eigenvalue weighted by molar-refractivity contribution is 7.14. The van der Waals surface area contributed by atoms with Gasteiger partial charge in [0.15, 0.2) is 0 Å². The van der Waals surface area contributed by atoms with Crippen molar-refractivity contribution >= 4 is 17.3 Å². The van der Waals surface area contributed by atoms with Crippen LogP contribution in [0.1, 0.15) is 40.9 Å². The molecule has 0 radical (unpaired) electrons. The fourth-order valence-corrected chi connectivity index (χ4v) is 2.72. The van der Waals surface area contributed by atoms with Crippen molar-refractivity contribution in [3.63, 3.8) is 0 Å². The largest absolute Gasteiger partial charge is 0.477 e. The van der Waals surface area contributed by atoms with E-state index in [4.69, 9.17) is 0 Å². The number of aromatic carboxylic acids is 1. The molecule has 0 aliphatic rings. The van der Waals surface area contributed by atoms with E-state index in [0.29, 0.717) is 16.5 Å². The van der Waals surface area contributed by atoms with Crippen LogP contribution >= 0.6 is 11.3 Å². The van der Waals surface area contributed by atoms with Crippen molar-refractivity contribution in [2.75, 3.05) is 0 Å². The molecule has 0 aliphatic heterocycles. The maximum absolute atomic E-state index is 11.3. The Hall–Kier alpha value is -1.68. The van der Waals surface area contributed by atoms with Gasteiger partial charge in [0, 0.05) is 11.5 Å². The molecule has 4 heteroatoms. The van der Waals surface area contributed by atoms with Crippen molar-refractivity contribution in [3.8, 4) is 11.3 Å². The molecule has 0 saturated carbocycles. The number of carbonyl (C=O) groups is 1. The Labute approximate surface area is 110 Å². The molecule has 1 aromatic heterocycles. The minimum Gasteiger partial charge on any atom is -0.477 e. The smallest absolute Gasteiger partial charge is 0.348 e. The van der Waals surface area contributed by atoms with E-state index in [1.165, 1.54) is 11.3 Å². The van der Waals surface area contributed by atoms with E-state index in [-0.39, 0.29) is 0 Å². The third-order valence-corrected chi connectivity index (χ3v) is 4.19. The van der Waals surface area contributed by atoms with Crippen LogP contribution in [0.3, 0.4) is 0 Å². The molecule has 3 nitrogen and oxygen atoms in total. The first-order valence-corrected chi connectivity index (χ1v) is 6.74. The van der Waals surface area contributed by atoms with E-state index >= 15 is 0 Å². The number of rotatable bonds is 4. The van der Waals surface area contributed by atoms with E-state index in [1.807, 2.05) is 30.3 Å². The van der Waals surface area contributed by atoms with Gasteiger partial charge >= 0.3 is 5.97 Å². The fraction of sp³-hybridized carbons (Fsp3) is 0.286. The molecule has 0 saturated heterocycles. The summed E-state index contributed by atoms with van der Waals surface area (Å²) in [6, 6.07) is 9.47. The summed E-state index contributed by atoms with van der Waals surface area (Å²) in [6.07, 6.45) is 0.959. The van der Waals surface area contributed by atoms with E-state index in [1.54, 1.807) is 0 Å². The van der Waals surface area contributed by atoms with E-state index < -0.39 is 5.97 Å². The van der Waals surface area contributed by atoms with Gasteiger partial charge in [0.2, 0.25) is 0 Å². The molecule has 1 aromatic carbocycles. The van der Waals surface area contributed by atoms with Crippen LogP contribution in [-0.2, 0) is 0 Å². The van der Waals surface area contributed by atoms with Gasteiger partial charge < -0.3 is 5.11 Å². The predicted octanol–water partition coefficient (Wildman–Crippen LogP) is 4.02. The lowest BCUT2D eigenvalue weighted by Crippen LogP contribution is -1.95. The Morgan fingerprint density at radius 3 is 2.61 bits per heavy atom. The van der Waals surface area contributed by atoms with Crippen molar-refractivity contribution in [1.82, 2.24) is 4.98 Å². The molecule has 0 fully saturated rings. The quantitative estimate of drug-likeness (QED) is 0.904. The lowest BCUT2D eigenvalue weighted by atomic mass is 10.1. The molecule has 1 unspecified atom stereocenters. The van der Waals surface area contributed by atoms with Crippen LogP contribution < -0.4 is 0 Å². The highest BCUT2D eigenvalue weighted by Crippen LogP contribution is 2.32. The lowest BCUT2D eigenvalue weighted by molar-refractivity contribution is 0.0702. The molecule has 1 heterocycles. The Morgan fingerprint density at radius 1 is 1.39 bits per heavy atom. The molecule has 2 aromatic rings. The van der Waals surface area contributed by atoms with Gasteiger partial charge in [-0.25, -0.2) is 9.78 Å². The summed E-state index contributed by atoms with van der Waals surface area (Å²) < 4.78 is 0. The van der Waals surface area contributed by atoms with Crippen LogP contribution in [0.15, 0.2) is 30.3 Å². The van der Waals surface area contributed by atoms with Crippen LogP contribution in [0.2, 0.25) is 0 Å². The second kappa shape index (κ2) is 5.31. The van der Waals surface area contributed by atoms with Gasteiger partial charge in [-0.15, -0.1) is 11.3 Å². The number of hydrogen-bond acceptors (Lipinski definition) is 3. The van der Waals surface area contributed by atoms with E-state index in [0.717, 1.165) is 17.0 Å². The molecule has 1 N–H and O–H groups in total. The van der Waals surface area contributed by atoms with Crippen molar-refractivity contribution in [2.45, 2.75) is 26.2 Å². The van der Waals surface area contributed by atoms with Crippen molar-refractivity contribution < 1.29 is 9.90 Å². The Kier molecular flexibility index (Phi) is 3.77. The molecule has 94 valence electrons. The standard InChI is InChI=1S/C14H15NO2S/c1-3-9(2)13-15-11(12(18-13)14(16)17)10-7-5-4-6-8-10/h4-9H,3H2,1-2H3,(H,16,17). The Morgan fingerprint density at radius 2 is 2.06 bits per heavy atom. The summed E-state index contributed by atoms with van der Waals surface area (Å²) in [4.78, 5) is 16.1. The number of hydrogen-bond donors (Lipinski definition) is 1. The predicted molar refractivity (Wildman–Crippen MR) is 73.2 cm³/mol. The molecule has 0 aliphatic carbocycles. The zero-order valence-corrected chi connectivity index (χ0v) is 11.2. The SMILES string of the molecule is CCC(C)c1nc(-c2ccccc2)c(C(=O)O)s1. The molecular formula is C14H15NO2S. The highest BCUT2D eigenvalue weighted by atomic mass is 32.1. The molecule has 1 atom stereocenters. The van der Waals surface area contributed by atoms with Crippen LogP contribution in [0.5, 0.6) is 0 Å². The van der Waals surface area contributed by atoms with Crippen molar-refractivity contribution in [1.29, 1.82) is 0 Å². The highest BCUT2D eigenvalue weighted by Gasteiger charge is 2.20. The molecule has 18 heavy (non-hydrogen) atoms. The zero-order valence-electron chi connectivity index (χ0n) is 10.4. The number of carboxylic acids is 1. The first kappa shape index (κ1) is 12.8. The minimum atomic E-state index is -0.902. The van der Waals surface area contributed by atoms with E-state index in [9.17, 15) is 9.90 Å². The number of thiazole rings is 1. The number of carboxylic acid groups (broad SMARTS) is 1. The second-order valence-corrected chi connectivity index (χ2v) is 5.24. The summed E-state index contributed by atoms with van der Waals surface area (Å²) in [5.41, 5.74) is 1.45. The summed E-state index contributed by atoms with van der Waals surface area (Å²) in [7, 11) is 0. The average molecular weight is 261 g/mol. The first-order valence-electron chi connectivity index (χ1n) is 5.93. The fourth-order valence-electron chi connectivity index (χ4n) is 1.66. The molecular weight excluding hydrogens is 246 g/mol. The minimum absolute atomic E-state index is 0.297. The van der Waals surface area contributed by atoms with Gasteiger partial charge in [-0.3, -0.25) is 0 Å².